The lowest BCUT2D eigenvalue weighted by Gasteiger charge is -2.16. The SMILES string of the molecule is CCN(CC)CCc1noc(C(N)C(C)C)n1. The van der Waals surface area contributed by atoms with E-state index in [9.17, 15) is 0 Å². The van der Waals surface area contributed by atoms with E-state index >= 15 is 0 Å². The van der Waals surface area contributed by atoms with Crippen molar-refractivity contribution in [1.82, 2.24) is 15.0 Å². The highest BCUT2D eigenvalue weighted by Gasteiger charge is 2.17. The molecule has 2 N–H and O–H groups in total. The summed E-state index contributed by atoms with van der Waals surface area (Å²) in [6.07, 6.45) is 0.815. The van der Waals surface area contributed by atoms with E-state index in [1.807, 2.05) is 13.8 Å². The molecule has 0 amide bonds. The van der Waals surface area contributed by atoms with Crippen molar-refractivity contribution >= 4 is 0 Å². The lowest BCUT2D eigenvalue weighted by atomic mass is 10.1. The van der Waals surface area contributed by atoms with E-state index in [0.717, 1.165) is 31.9 Å². The number of nitrogens with two attached hydrogens (primary N) is 1. The highest BCUT2D eigenvalue weighted by molar-refractivity contribution is 4.93. The molecule has 0 aromatic carbocycles. The number of nitrogens with zero attached hydrogens (tertiary/aromatic N) is 3. The molecule has 0 aliphatic rings. The lowest BCUT2D eigenvalue weighted by Crippen LogP contribution is -2.25. The van der Waals surface area contributed by atoms with Crippen molar-refractivity contribution in [2.75, 3.05) is 19.6 Å². The fourth-order valence-electron chi connectivity index (χ4n) is 1.59. The van der Waals surface area contributed by atoms with E-state index in [4.69, 9.17) is 10.3 Å². The molecule has 5 nitrogen and oxygen atoms in total. The van der Waals surface area contributed by atoms with Gasteiger partial charge in [-0.2, -0.15) is 4.98 Å². The molecule has 1 unspecified atom stereocenters. The van der Waals surface area contributed by atoms with Crippen LogP contribution in [0.4, 0.5) is 0 Å². The van der Waals surface area contributed by atoms with Gasteiger partial charge in [-0.25, -0.2) is 0 Å². The summed E-state index contributed by atoms with van der Waals surface area (Å²) < 4.78 is 5.18. The number of likely N-dealkylation sites (N-methyl/N-ethyl adjacent to an activating group) is 1. The zero-order chi connectivity index (χ0) is 12.8. The summed E-state index contributed by atoms with van der Waals surface area (Å²) in [5.74, 6) is 1.61. The van der Waals surface area contributed by atoms with Crippen molar-refractivity contribution in [1.29, 1.82) is 0 Å². The molecule has 0 radical (unpaired) electrons. The summed E-state index contributed by atoms with van der Waals surface area (Å²) in [4.78, 5) is 6.67. The molecule has 0 fully saturated rings. The topological polar surface area (TPSA) is 68.2 Å². The third-order valence-corrected chi connectivity index (χ3v) is 3.03. The maximum atomic E-state index is 5.95. The molecule has 0 bridgehead atoms. The van der Waals surface area contributed by atoms with E-state index in [0.29, 0.717) is 11.8 Å². The van der Waals surface area contributed by atoms with Crippen molar-refractivity contribution in [3.63, 3.8) is 0 Å². The van der Waals surface area contributed by atoms with Gasteiger partial charge in [0, 0.05) is 13.0 Å². The monoisotopic (exact) mass is 240 g/mol. The third kappa shape index (κ3) is 4.09. The molecule has 1 heterocycles. The van der Waals surface area contributed by atoms with Gasteiger partial charge in [0.25, 0.3) is 0 Å². The van der Waals surface area contributed by atoms with E-state index in [-0.39, 0.29) is 6.04 Å². The van der Waals surface area contributed by atoms with Crippen LogP contribution >= 0.6 is 0 Å². The highest BCUT2D eigenvalue weighted by atomic mass is 16.5. The van der Waals surface area contributed by atoms with Crippen LogP contribution < -0.4 is 5.73 Å². The van der Waals surface area contributed by atoms with Crippen LogP contribution in [-0.2, 0) is 6.42 Å². The predicted molar refractivity (Wildman–Crippen MR) is 67.6 cm³/mol. The molecule has 1 aromatic rings. The molecule has 17 heavy (non-hydrogen) atoms. The van der Waals surface area contributed by atoms with Gasteiger partial charge in [-0.1, -0.05) is 32.9 Å². The fourth-order valence-corrected chi connectivity index (χ4v) is 1.59. The number of hydrogen-bond acceptors (Lipinski definition) is 5. The Kier molecular flexibility index (Phi) is 5.58. The quantitative estimate of drug-likeness (QED) is 0.784. The first-order valence-electron chi connectivity index (χ1n) is 6.38. The van der Waals surface area contributed by atoms with Gasteiger partial charge in [0.15, 0.2) is 5.82 Å². The number of aromatic nitrogens is 2. The Morgan fingerprint density at radius 1 is 1.29 bits per heavy atom. The molecule has 1 atom stereocenters. The van der Waals surface area contributed by atoms with Gasteiger partial charge in [0.05, 0.1) is 6.04 Å². The first-order valence-corrected chi connectivity index (χ1v) is 6.38. The molecule has 0 saturated carbocycles. The van der Waals surface area contributed by atoms with Crippen LogP contribution in [0.25, 0.3) is 0 Å². The van der Waals surface area contributed by atoms with Crippen LogP contribution in [0.1, 0.15) is 45.5 Å². The van der Waals surface area contributed by atoms with Crippen molar-refractivity contribution in [3.05, 3.63) is 11.7 Å². The van der Waals surface area contributed by atoms with Crippen LogP contribution in [0, 0.1) is 5.92 Å². The normalized spacial score (nSPS) is 13.6. The molecule has 5 heteroatoms. The molecule has 1 aromatic heterocycles. The largest absolute Gasteiger partial charge is 0.338 e. The van der Waals surface area contributed by atoms with Gasteiger partial charge >= 0.3 is 0 Å². The van der Waals surface area contributed by atoms with Crippen molar-refractivity contribution < 1.29 is 4.52 Å². The first kappa shape index (κ1) is 14.1. The summed E-state index contributed by atoms with van der Waals surface area (Å²) in [7, 11) is 0. The molecule has 0 saturated heterocycles. The Bertz CT molecular complexity index is 320. The standard InChI is InChI=1S/C12H24N4O/c1-5-16(6-2)8-7-10-14-12(17-15-10)11(13)9(3)4/h9,11H,5-8,13H2,1-4H3. The number of hydrogen-bond donors (Lipinski definition) is 1. The zero-order valence-electron chi connectivity index (χ0n) is 11.3. The van der Waals surface area contributed by atoms with Crippen LogP contribution in [-0.4, -0.2) is 34.7 Å². The zero-order valence-corrected chi connectivity index (χ0v) is 11.3. The highest BCUT2D eigenvalue weighted by Crippen LogP contribution is 2.16. The summed E-state index contributed by atoms with van der Waals surface area (Å²) in [6, 6.07) is -0.162. The maximum Gasteiger partial charge on any atom is 0.243 e. The summed E-state index contributed by atoms with van der Waals surface area (Å²) in [5.41, 5.74) is 5.95. The summed E-state index contributed by atoms with van der Waals surface area (Å²) in [5, 5.41) is 3.97. The van der Waals surface area contributed by atoms with Crippen LogP contribution in [0.15, 0.2) is 4.52 Å². The van der Waals surface area contributed by atoms with E-state index < -0.39 is 0 Å². The predicted octanol–water partition coefficient (Wildman–Crippen LogP) is 1.61. The van der Waals surface area contributed by atoms with E-state index in [1.54, 1.807) is 0 Å². The van der Waals surface area contributed by atoms with Gasteiger partial charge < -0.3 is 15.2 Å². The van der Waals surface area contributed by atoms with E-state index in [1.165, 1.54) is 0 Å². The van der Waals surface area contributed by atoms with Crippen molar-refractivity contribution in [2.24, 2.45) is 11.7 Å². The Morgan fingerprint density at radius 3 is 2.47 bits per heavy atom. The van der Waals surface area contributed by atoms with Crippen LogP contribution in [0.2, 0.25) is 0 Å². The molecule has 0 aliphatic carbocycles. The second-order valence-electron chi connectivity index (χ2n) is 4.60. The Balaban J connectivity index is 2.51. The van der Waals surface area contributed by atoms with Gasteiger partial charge in [0.1, 0.15) is 0 Å². The average Bonchev–Trinajstić information content (AvgIpc) is 2.78. The molecule has 0 aliphatic heterocycles. The smallest absolute Gasteiger partial charge is 0.243 e. The first-order chi connectivity index (χ1) is 8.08. The minimum Gasteiger partial charge on any atom is -0.338 e. The van der Waals surface area contributed by atoms with E-state index in [2.05, 4.69) is 28.9 Å². The van der Waals surface area contributed by atoms with Gasteiger partial charge in [-0.3, -0.25) is 0 Å². The minimum absolute atomic E-state index is 0.162. The molecule has 98 valence electrons. The fraction of sp³-hybridized carbons (Fsp3) is 0.833. The molecular weight excluding hydrogens is 216 g/mol. The van der Waals surface area contributed by atoms with Crippen LogP contribution in [0.5, 0.6) is 0 Å². The Hall–Kier alpha value is -0.940. The molecular formula is C12H24N4O. The van der Waals surface area contributed by atoms with Crippen LogP contribution in [0.3, 0.4) is 0 Å². The second-order valence-corrected chi connectivity index (χ2v) is 4.60. The average molecular weight is 240 g/mol. The van der Waals surface area contributed by atoms with Crippen molar-refractivity contribution in [2.45, 2.75) is 40.2 Å². The second kappa shape index (κ2) is 6.71. The Morgan fingerprint density at radius 2 is 1.94 bits per heavy atom. The number of rotatable bonds is 7. The minimum atomic E-state index is -0.162. The summed E-state index contributed by atoms with van der Waals surface area (Å²) in [6.45, 7) is 11.5. The third-order valence-electron chi connectivity index (χ3n) is 3.03. The summed E-state index contributed by atoms with van der Waals surface area (Å²) >= 11 is 0. The van der Waals surface area contributed by atoms with Gasteiger partial charge in [-0.15, -0.1) is 0 Å². The van der Waals surface area contributed by atoms with Gasteiger partial charge in [0.2, 0.25) is 5.89 Å². The maximum absolute atomic E-state index is 5.95. The molecule has 0 spiro atoms. The Labute approximate surface area is 103 Å². The van der Waals surface area contributed by atoms with Gasteiger partial charge in [-0.05, 0) is 19.0 Å². The molecule has 1 rings (SSSR count). The lowest BCUT2D eigenvalue weighted by molar-refractivity contribution is 0.300. The van der Waals surface area contributed by atoms with Crippen molar-refractivity contribution in [3.8, 4) is 0 Å².